The highest BCUT2D eigenvalue weighted by atomic mass is 32.1. The Bertz CT molecular complexity index is 934. The van der Waals surface area contributed by atoms with Gasteiger partial charge in [0.15, 0.2) is 4.77 Å². The number of rotatable bonds is 2. The Kier molecular flexibility index (Phi) is 3.28. The number of aromatic amines is 1. The van der Waals surface area contributed by atoms with E-state index in [9.17, 15) is 8.78 Å². The molecule has 104 valence electrons. The summed E-state index contributed by atoms with van der Waals surface area (Å²) >= 11 is 5.22. The molecule has 0 aliphatic carbocycles. The number of halogens is 2. The summed E-state index contributed by atoms with van der Waals surface area (Å²) in [4.78, 5) is 2.98. The third-order valence-electron chi connectivity index (χ3n) is 3.24. The first kappa shape index (κ1) is 13.5. The number of H-pyrrole nitrogens is 1. The molecule has 0 radical (unpaired) electrons. The summed E-state index contributed by atoms with van der Waals surface area (Å²) in [5, 5.41) is 8.96. The first-order valence-electron chi connectivity index (χ1n) is 6.15. The van der Waals surface area contributed by atoms with Gasteiger partial charge in [-0.25, -0.2) is 8.78 Å². The molecule has 0 spiro atoms. The third kappa shape index (κ3) is 2.43. The van der Waals surface area contributed by atoms with Gasteiger partial charge in [-0.1, -0.05) is 0 Å². The summed E-state index contributed by atoms with van der Waals surface area (Å²) in [6.45, 7) is 0.0946. The zero-order valence-corrected chi connectivity index (χ0v) is 11.5. The number of nitriles is 1. The highest BCUT2D eigenvalue weighted by Crippen LogP contribution is 2.19. The highest BCUT2D eigenvalue weighted by molar-refractivity contribution is 7.71. The number of fused-ring (bicyclic) bond motifs is 1. The molecule has 6 heteroatoms. The van der Waals surface area contributed by atoms with Crippen molar-refractivity contribution in [3.05, 3.63) is 63.9 Å². The van der Waals surface area contributed by atoms with Gasteiger partial charge < -0.3 is 9.55 Å². The number of imidazole rings is 1. The molecule has 1 N–H and O–H groups in total. The van der Waals surface area contributed by atoms with E-state index >= 15 is 0 Å². The molecule has 0 bridgehead atoms. The predicted octanol–water partition coefficient (Wildman–Crippen LogP) is 3.90. The lowest BCUT2D eigenvalue weighted by Gasteiger charge is -2.06. The molecule has 3 nitrogen and oxygen atoms in total. The van der Waals surface area contributed by atoms with Crippen LogP contribution in [-0.2, 0) is 6.54 Å². The summed E-state index contributed by atoms with van der Waals surface area (Å²) in [5.41, 5.74) is 2.11. The maximum Gasteiger partial charge on any atom is 0.178 e. The third-order valence-corrected chi connectivity index (χ3v) is 3.56. The molecule has 1 aromatic heterocycles. The lowest BCUT2D eigenvalue weighted by Crippen LogP contribution is -2.02. The van der Waals surface area contributed by atoms with E-state index < -0.39 is 11.6 Å². The Morgan fingerprint density at radius 3 is 2.76 bits per heavy atom. The van der Waals surface area contributed by atoms with Gasteiger partial charge in [0.05, 0.1) is 29.2 Å². The number of hydrogen-bond acceptors (Lipinski definition) is 2. The van der Waals surface area contributed by atoms with Crippen LogP contribution in [0.3, 0.4) is 0 Å². The molecule has 21 heavy (non-hydrogen) atoms. The van der Waals surface area contributed by atoms with Gasteiger partial charge in [0, 0.05) is 5.56 Å². The van der Waals surface area contributed by atoms with E-state index in [2.05, 4.69) is 4.98 Å². The molecular weight excluding hydrogens is 292 g/mol. The Balaban J connectivity index is 2.16. The van der Waals surface area contributed by atoms with Crippen LogP contribution in [0, 0.1) is 27.7 Å². The Morgan fingerprint density at radius 2 is 2.00 bits per heavy atom. The van der Waals surface area contributed by atoms with Crippen LogP contribution in [0.4, 0.5) is 8.78 Å². The molecule has 2 aromatic carbocycles. The van der Waals surface area contributed by atoms with Crippen molar-refractivity contribution in [1.82, 2.24) is 9.55 Å². The minimum absolute atomic E-state index is 0.0946. The van der Waals surface area contributed by atoms with Gasteiger partial charge in [0.25, 0.3) is 0 Å². The van der Waals surface area contributed by atoms with Gasteiger partial charge in [0.1, 0.15) is 11.6 Å². The average molecular weight is 301 g/mol. The van der Waals surface area contributed by atoms with Gasteiger partial charge in [-0.05, 0) is 48.6 Å². The van der Waals surface area contributed by atoms with Crippen LogP contribution < -0.4 is 0 Å². The molecule has 0 aliphatic rings. The molecule has 1 heterocycles. The smallest absolute Gasteiger partial charge is 0.178 e. The van der Waals surface area contributed by atoms with Gasteiger partial charge in [-0.3, -0.25) is 0 Å². The molecule has 0 unspecified atom stereocenters. The summed E-state index contributed by atoms with van der Waals surface area (Å²) in [5.74, 6) is -1.00. The van der Waals surface area contributed by atoms with Crippen molar-refractivity contribution >= 4 is 23.3 Å². The SMILES string of the molecule is N#Cc1ccc2[nH]c(=S)n(Cc3cc(F)ccc3F)c2c1. The maximum atomic E-state index is 13.8. The summed E-state index contributed by atoms with van der Waals surface area (Å²) < 4.78 is 29.1. The first-order chi connectivity index (χ1) is 10.1. The monoisotopic (exact) mass is 301 g/mol. The van der Waals surface area contributed by atoms with Crippen molar-refractivity contribution in [3.8, 4) is 6.07 Å². The molecule has 3 aromatic rings. The Hall–Kier alpha value is -2.52. The molecular formula is C15H9F2N3S. The molecule has 0 saturated heterocycles. The minimum Gasteiger partial charge on any atom is -0.331 e. The molecule has 0 saturated carbocycles. The fraction of sp³-hybridized carbons (Fsp3) is 0.0667. The van der Waals surface area contributed by atoms with Gasteiger partial charge >= 0.3 is 0 Å². The van der Waals surface area contributed by atoms with Gasteiger partial charge in [0.2, 0.25) is 0 Å². The molecule has 0 fully saturated rings. The van der Waals surface area contributed by atoms with Crippen molar-refractivity contribution in [2.75, 3.05) is 0 Å². The van der Waals surface area contributed by atoms with Crippen molar-refractivity contribution < 1.29 is 8.78 Å². The van der Waals surface area contributed by atoms with Crippen LogP contribution in [-0.4, -0.2) is 9.55 Å². The fourth-order valence-corrected chi connectivity index (χ4v) is 2.49. The largest absolute Gasteiger partial charge is 0.331 e. The van der Waals surface area contributed by atoms with Gasteiger partial charge in [-0.15, -0.1) is 0 Å². The van der Waals surface area contributed by atoms with E-state index in [1.807, 2.05) is 6.07 Å². The number of benzene rings is 2. The lowest BCUT2D eigenvalue weighted by atomic mass is 10.2. The maximum absolute atomic E-state index is 13.8. The van der Waals surface area contributed by atoms with Crippen LogP contribution in [0.5, 0.6) is 0 Å². The summed E-state index contributed by atoms with van der Waals surface area (Å²) in [6, 6.07) is 10.4. The lowest BCUT2D eigenvalue weighted by molar-refractivity contribution is 0.578. The van der Waals surface area contributed by atoms with Crippen molar-refractivity contribution in [3.63, 3.8) is 0 Å². The zero-order valence-electron chi connectivity index (χ0n) is 10.7. The normalized spacial score (nSPS) is 10.7. The van der Waals surface area contributed by atoms with E-state index in [0.29, 0.717) is 15.9 Å². The highest BCUT2D eigenvalue weighted by Gasteiger charge is 2.10. The Morgan fingerprint density at radius 1 is 1.19 bits per heavy atom. The topological polar surface area (TPSA) is 44.5 Å². The standard InChI is InChI=1S/C15H9F2N3S/c16-11-2-3-12(17)10(6-11)8-20-14-5-9(7-18)1-4-13(14)19-15(20)21/h1-6H,8H2,(H,19,21). The van der Waals surface area contributed by atoms with E-state index in [0.717, 1.165) is 23.7 Å². The second kappa shape index (κ2) is 5.11. The molecule has 0 amide bonds. The van der Waals surface area contributed by atoms with Crippen LogP contribution in [0.2, 0.25) is 0 Å². The van der Waals surface area contributed by atoms with Crippen LogP contribution in [0.15, 0.2) is 36.4 Å². The van der Waals surface area contributed by atoms with E-state index in [1.54, 1.807) is 22.8 Å². The molecule has 0 atom stereocenters. The van der Waals surface area contributed by atoms with E-state index in [1.165, 1.54) is 0 Å². The van der Waals surface area contributed by atoms with Crippen LogP contribution >= 0.6 is 12.2 Å². The number of hydrogen-bond donors (Lipinski definition) is 1. The van der Waals surface area contributed by atoms with E-state index in [4.69, 9.17) is 17.5 Å². The van der Waals surface area contributed by atoms with Gasteiger partial charge in [-0.2, -0.15) is 5.26 Å². The van der Waals surface area contributed by atoms with Crippen LogP contribution in [0.25, 0.3) is 11.0 Å². The van der Waals surface area contributed by atoms with Crippen molar-refractivity contribution in [2.45, 2.75) is 6.54 Å². The number of nitrogens with one attached hydrogen (secondary N) is 1. The van der Waals surface area contributed by atoms with Crippen molar-refractivity contribution in [1.29, 1.82) is 5.26 Å². The Labute approximate surface area is 124 Å². The van der Waals surface area contributed by atoms with Crippen LogP contribution in [0.1, 0.15) is 11.1 Å². The second-order valence-electron chi connectivity index (χ2n) is 4.60. The second-order valence-corrected chi connectivity index (χ2v) is 4.98. The summed E-state index contributed by atoms with van der Waals surface area (Å²) in [6.07, 6.45) is 0. The number of nitrogens with zero attached hydrogens (tertiary/aromatic N) is 2. The minimum atomic E-state index is -0.504. The fourth-order valence-electron chi connectivity index (χ4n) is 2.21. The first-order valence-corrected chi connectivity index (χ1v) is 6.56. The summed E-state index contributed by atoms with van der Waals surface area (Å²) in [7, 11) is 0. The average Bonchev–Trinajstić information content (AvgIpc) is 2.78. The molecule has 3 rings (SSSR count). The zero-order chi connectivity index (χ0) is 15.0. The molecule has 0 aliphatic heterocycles. The quantitative estimate of drug-likeness (QED) is 0.730. The number of aromatic nitrogens is 2. The predicted molar refractivity (Wildman–Crippen MR) is 77.3 cm³/mol. The van der Waals surface area contributed by atoms with Crippen molar-refractivity contribution in [2.24, 2.45) is 0 Å². The van der Waals surface area contributed by atoms with E-state index in [-0.39, 0.29) is 12.1 Å².